The zero-order valence-electron chi connectivity index (χ0n) is 10.9. The van der Waals surface area contributed by atoms with Gasteiger partial charge >= 0.3 is 0 Å². The van der Waals surface area contributed by atoms with Gasteiger partial charge in [0.15, 0.2) is 0 Å². The summed E-state index contributed by atoms with van der Waals surface area (Å²) in [5.41, 5.74) is 2.26. The zero-order chi connectivity index (χ0) is 12.3. The quantitative estimate of drug-likeness (QED) is 0.841. The van der Waals surface area contributed by atoms with Crippen molar-refractivity contribution in [2.75, 3.05) is 23.8 Å². The third-order valence-electron chi connectivity index (χ3n) is 3.33. The monoisotopic (exact) mass is 234 g/mol. The maximum absolute atomic E-state index is 5.78. The molecule has 0 spiro atoms. The van der Waals surface area contributed by atoms with E-state index in [1.165, 1.54) is 0 Å². The smallest absolute Gasteiger partial charge is 0.144 e. The van der Waals surface area contributed by atoms with E-state index < -0.39 is 0 Å². The molecule has 2 unspecified atom stereocenters. The van der Waals surface area contributed by atoms with Crippen molar-refractivity contribution >= 4 is 11.4 Å². The molecule has 0 aliphatic carbocycles. The number of benzene rings is 1. The Morgan fingerprint density at radius 1 is 1.35 bits per heavy atom. The minimum Gasteiger partial charge on any atom is -0.491 e. The van der Waals surface area contributed by atoms with Gasteiger partial charge in [0.2, 0.25) is 0 Å². The molecule has 94 valence electrons. The van der Waals surface area contributed by atoms with E-state index in [2.05, 4.69) is 37.5 Å². The van der Waals surface area contributed by atoms with Crippen molar-refractivity contribution in [1.82, 2.24) is 0 Å². The lowest BCUT2D eigenvalue weighted by Crippen LogP contribution is -2.25. The van der Waals surface area contributed by atoms with Gasteiger partial charge in [-0.3, -0.25) is 0 Å². The Bertz CT molecular complexity index is 378. The van der Waals surface area contributed by atoms with Crippen molar-refractivity contribution in [3.8, 4) is 5.75 Å². The molecule has 3 nitrogen and oxygen atoms in total. The number of hydrogen-bond donors (Lipinski definition) is 2. The van der Waals surface area contributed by atoms with Gasteiger partial charge in [-0.25, -0.2) is 0 Å². The van der Waals surface area contributed by atoms with Crippen molar-refractivity contribution < 1.29 is 4.74 Å². The van der Waals surface area contributed by atoms with Crippen LogP contribution >= 0.6 is 0 Å². The Morgan fingerprint density at radius 3 is 2.94 bits per heavy atom. The third kappa shape index (κ3) is 2.65. The van der Waals surface area contributed by atoms with Crippen LogP contribution in [-0.4, -0.2) is 19.2 Å². The highest BCUT2D eigenvalue weighted by molar-refractivity contribution is 5.76. The number of rotatable bonds is 3. The lowest BCUT2D eigenvalue weighted by Gasteiger charge is -2.17. The normalized spacial score (nSPS) is 23.0. The highest BCUT2D eigenvalue weighted by Crippen LogP contribution is 2.35. The molecule has 0 aromatic heterocycles. The summed E-state index contributed by atoms with van der Waals surface area (Å²) in [6, 6.07) is 6.66. The van der Waals surface area contributed by atoms with Crippen LogP contribution in [0.4, 0.5) is 11.4 Å². The molecule has 0 saturated carbocycles. The molecule has 0 amide bonds. The predicted octanol–water partition coefficient (Wildman–Crippen LogP) is 3.34. The molecule has 2 N–H and O–H groups in total. The van der Waals surface area contributed by atoms with E-state index in [1.807, 2.05) is 12.1 Å². The number of ether oxygens (including phenoxy) is 1. The van der Waals surface area contributed by atoms with Gasteiger partial charge in [-0.2, -0.15) is 0 Å². The Kier molecular flexibility index (Phi) is 3.77. The van der Waals surface area contributed by atoms with Crippen LogP contribution in [0.1, 0.15) is 27.2 Å². The average molecular weight is 234 g/mol. The molecule has 1 heterocycles. The summed E-state index contributed by atoms with van der Waals surface area (Å²) >= 11 is 0. The minimum absolute atomic E-state index is 0.477. The first-order valence-electron chi connectivity index (χ1n) is 6.48. The summed E-state index contributed by atoms with van der Waals surface area (Å²) in [6.45, 7) is 8.35. The van der Waals surface area contributed by atoms with Crippen LogP contribution in [0.15, 0.2) is 18.2 Å². The molecule has 2 atom stereocenters. The van der Waals surface area contributed by atoms with Crippen LogP contribution in [0.2, 0.25) is 0 Å². The zero-order valence-corrected chi connectivity index (χ0v) is 10.9. The van der Waals surface area contributed by atoms with Gasteiger partial charge in [0.05, 0.1) is 12.3 Å². The summed E-state index contributed by atoms with van der Waals surface area (Å²) in [7, 11) is 0. The van der Waals surface area contributed by atoms with Gasteiger partial charge in [0.1, 0.15) is 11.4 Å². The number of hydrogen-bond acceptors (Lipinski definition) is 3. The van der Waals surface area contributed by atoms with Crippen LogP contribution in [0.5, 0.6) is 5.75 Å². The van der Waals surface area contributed by atoms with Crippen LogP contribution in [0, 0.1) is 5.92 Å². The van der Waals surface area contributed by atoms with Gasteiger partial charge < -0.3 is 15.4 Å². The van der Waals surface area contributed by atoms with Gasteiger partial charge in [-0.15, -0.1) is 0 Å². The van der Waals surface area contributed by atoms with Crippen LogP contribution in [0.3, 0.4) is 0 Å². The first-order chi connectivity index (χ1) is 8.22. The molecule has 0 fully saturated rings. The summed E-state index contributed by atoms with van der Waals surface area (Å²) in [5, 5.41) is 7.04. The third-order valence-corrected chi connectivity index (χ3v) is 3.33. The maximum Gasteiger partial charge on any atom is 0.144 e. The summed E-state index contributed by atoms with van der Waals surface area (Å²) in [4.78, 5) is 0. The largest absolute Gasteiger partial charge is 0.491 e. The fourth-order valence-corrected chi connectivity index (χ4v) is 1.99. The second kappa shape index (κ2) is 5.30. The van der Waals surface area contributed by atoms with Crippen molar-refractivity contribution in [2.45, 2.75) is 33.2 Å². The van der Waals surface area contributed by atoms with Crippen molar-refractivity contribution in [3.05, 3.63) is 18.2 Å². The van der Waals surface area contributed by atoms with Crippen molar-refractivity contribution in [1.29, 1.82) is 0 Å². The molecule has 1 aliphatic rings. The molecule has 1 aromatic rings. The molecular formula is C14H22N2O. The fraction of sp³-hybridized carbons (Fsp3) is 0.571. The Balaban J connectivity index is 2.25. The Morgan fingerprint density at radius 2 is 2.18 bits per heavy atom. The first-order valence-corrected chi connectivity index (χ1v) is 6.48. The Labute approximate surface area is 104 Å². The second-order valence-corrected chi connectivity index (χ2v) is 4.82. The lowest BCUT2D eigenvalue weighted by atomic mass is 10.0. The highest BCUT2D eigenvalue weighted by Gasteiger charge is 2.20. The van der Waals surface area contributed by atoms with Gasteiger partial charge in [-0.1, -0.05) is 19.9 Å². The summed E-state index contributed by atoms with van der Waals surface area (Å²) in [6.07, 6.45) is 1.03. The minimum atomic E-state index is 0.477. The molecule has 2 rings (SSSR count). The van der Waals surface area contributed by atoms with E-state index in [1.54, 1.807) is 0 Å². The molecule has 0 radical (unpaired) electrons. The topological polar surface area (TPSA) is 33.3 Å². The molecule has 17 heavy (non-hydrogen) atoms. The maximum atomic E-state index is 5.78. The van der Waals surface area contributed by atoms with Gasteiger partial charge in [0, 0.05) is 12.6 Å². The number of nitrogens with one attached hydrogen (secondary N) is 2. The van der Waals surface area contributed by atoms with E-state index in [0.29, 0.717) is 12.0 Å². The van der Waals surface area contributed by atoms with E-state index in [0.717, 1.165) is 36.7 Å². The van der Waals surface area contributed by atoms with Crippen molar-refractivity contribution in [2.24, 2.45) is 5.92 Å². The van der Waals surface area contributed by atoms with Crippen LogP contribution in [0.25, 0.3) is 0 Å². The number of fused-ring (bicyclic) bond motifs is 1. The van der Waals surface area contributed by atoms with Crippen molar-refractivity contribution in [3.63, 3.8) is 0 Å². The fourth-order valence-electron chi connectivity index (χ4n) is 1.99. The molecule has 0 saturated heterocycles. The molecule has 1 aliphatic heterocycles. The molecular weight excluding hydrogens is 212 g/mol. The van der Waals surface area contributed by atoms with E-state index in [9.17, 15) is 0 Å². The standard InChI is InChI=1S/C14H22N2O/c1-4-8-17-13-7-5-6-12-14(13)15-9-10(2)11(3)16-12/h5-7,10-11,15-16H,4,8-9H2,1-3H3. The van der Waals surface area contributed by atoms with Gasteiger partial charge in [-0.05, 0) is 31.4 Å². The first kappa shape index (κ1) is 12.1. The van der Waals surface area contributed by atoms with E-state index >= 15 is 0 Å². The average Bonchev–Trinajstić information content (AvgIpc) is 2.47. The predicted molar refractivity (Wildman–Crippen MR) is 73.0 cm³/mol. The van der Waals surface area contributed by atoms with Gasteiger partial charge in [0.25, 0.3) is 0 Å². The molecule has 1 aromatic carbocycles. The number of anilines is 2. The van der Waals surface area contributed by atoms with E-state index in [-0.39, 0.29) is 0 Å². The number of para-hydroxylation sites is 1. The second-order valence-electron chi connectivity index (χ2n) is 4.82. The highest BCUT2D eigenvalue weighted by atomic mass is 16.5. The summed E-state index contributed by atoms with van der Waals surface area (Å²) in [5.74, 6) is 1.56. The SMILES string of the molecule is CCCOc1cccc2c1NCC(C)C(C)N2. The lowest BCUT2D eigenvalue weighted by molar-refractivity contribution is 0.319. The van der Waals surface area contributed by atoms with Crippen LogP contribution < -0.4 is 15.4 Å². The van der Waals surface area contributed by atoms with E-state index in [4.69, 9.17) is 4.74 Å². The molecule has 3 heteroatoms. The Hall–Kier alpha value is -1.38. The van der Waals surface area contributed by atoms with Crippen LogP contribution in [-0.2, 0) is 0 Å². The summed E-state index contributed by atoms with van der Waals surface area (Å²) < 4.78 is 5.78. The molecule has 0 bridgehead atoms.